The molecule has 0 atom stereocenters. The quantitative estimate of drug-likeness (QED) is 0.350. The first-order chi connectivity index (χ1) is 17.6. The Morgan fingerprint density at radius 2 is 1.76 bits per heavy atom. The van der Waals surface area contributed by atoms with Crippen LogP contribution in [-0.4, -0.2) is 31.3 Å². The predicted molar refractivity (Wildman–Crippen MR) is 132 cm³/mol. The van der Waals surface area contributed by atoms with Gasteiger partial charge in [-0.1, -0.05) is 6.07 Å². The first kappa shape index (κ1) is 25.3. The van der Waals surface area contributed by atoms with Gasteiger partial charge in [0.05, 0.1) is 17.6 Å². The van der Waals surface area contributed by atoms with Gasteiger partial charge in [-0.2, -0.15) is 13.2 Å². The van der Waals surface area contributed by atoms with Gasteiger partial charge in [0.15, 0.2) is 0 Å². The zero-order chi connectivity index (χ0) is 26.6. The van der Waals surface area contributed by atoms with Crippen molar-refractivity contribution in [2.45, 2.75) is 20.0 Å². The van der Waals surface area contributed by atoms with Gasteiger partial charge in [-0.15, -0.1) is 0 Å². The first-order valence-electron chi connectivity index (χ1n) is 11.0. The normalized spacial score (nSPS) is 11.5. The average Bonchev–Trinajstić information content (AvgIpc) is 3.30. The summed E-state index contributed by atoms with van der Waals surface area (Å²) in [7, 11) is 0. The molecule has 0 bridgehead atoms. The van der Waals surface area contributed by atoms with Crippen LogP contribution in [0.3, 0.4) is 0 Å². The number of carbonyl (C=O) groups excluding carboxylic acids is 2. The Bertz CT molecular complexity index is 1480. The number of nitrogens with zero attached hydrogens (tertiary/aromatic N) is 4. The highest BCUT2D eigenvalue weighted by molar-refractivity contribution is 6.07. The van der Waals surface area contributed by atoms with Gasteiger partial charge >= 0.3 is 6.18 Å². The number of imidazole rings is 1. The molecule has 0 saturated heterocycles. The first-order valence-corrected chi connectivity index (χ1v) is 11.0. The highest BCUT2D eigenvalue weighted by Crippen LogP contribution is 2.33. The number of aromatic nitrogens is 4. The maximum atomic E-state index is 13.5. The van der Waals surface area contributed by atoms with E-state index in [-0.39, 0.29) is 16.9 Å². The number of rotatable bonds is 6. The Hall–Kier alpha value is -4.80. The van der Waals surface area contributed by atoms with E-state index in [0.29, 0.717) is 22.5 Å². The van der Waals surface area contributed by atoms with E-state index in [9.17, 15) is 22.8 Å². The molecular formula is C26H21F3N6O2. The third-order valence-electron chi connectivity index (χ3n) is 5.28. The van der Waals surface area contributed by atoms with Gasteiger partial charge in [0.2, 0.25) is 5.91 Å². The molecule has 0 aliphatic rings. The molecule has 4 rings (SSSR count). The second-order valence-electron chi connectivity index (χ2n) is 8.17. The molecule has 188 valence electrons. The lowest BCUT2D eigenvalue weighted by Gasteiger charge is -2.14. The third-order valence-corrected chi connectivity index (χ3v) is 5.28. The molecule has 0 saturated carbocycles. The number of alkyl halides is 3. The summed E-state index contributed by atoms with van der Waals surface area (Å²) in [6.45, 7) is 3.46. The van der Waals surface area contributed by atoms with Gasteiger partial charge < -0.3 is 15.2 Å². The van der Waals surface area contributed by atoms with Crippen molar-refractivity contribution in [3.63, 3.8) is 0 Å². The zero-order valence-corrected chi connectivity index (χ0v) is 19.7. The van der Waals surface area contributed by atoms with E-state index < -0.39 is 23.6 Å². The van der Waals surface area contributed by atoms with Crippen LogP contribution >= 0.6 is 0 Å². The Morgan fingerprint density at radius 3 is 2.43 bits per heavy atom. The molecule has 0 aliphatic heterocycles. The fourth-order valence-corrected chi connectivity index (χ4v) is 3.40. The lowest BCUT2D eigenvalue weighted by Crippen LogP contribution is -2.15. The minimum absolute atomic E-state index is 0.0413. The fourth-order valence-electron chi connectivity index (χ4n) is 3.40. The minimum Gasteiger partial charge on any atom is -0.322 e. The van der Waals surface area contributed by atoms with Crippen molar-refractivity contribution >= 4 is 29.3 Å². The molecule has 0 spiro atoms. The minimum atomic E-state index is -4.62. The summed E-state index contributed by atoms with van der Waals surface area (Å²) in [4.78, 5) is 37.1. The predicted octanol–water partition coefficient (Wildman–Crippen LogP) is 5.20. The van der Waals surface area contributed by atoms with Gasteiger partial charge in [0.25, 0.3) is 5.91 Å². The van der Waals surface area contributed by atoms with Crippen LogP contribution in [0.2, 0.25) is 0 Å². The molecule has 4 aromatic rings. The van der Waals surface area contributed by atoms with Crippen LogP contribution in [-0.2, 0) is 11.0 Å². The van der Waals surface area contributed by atoms with Crippen molar-refractivity contribution in [3.8, 4) is 5.69 Å². The standard InChI is InChI=1S/C26H21F3N6O2/c1-16-3-5-19(7-23(16)34-24(36)6-4-18-11-30-14-31-12-18)25(37)33-21-8-20(26(27,28)29)9-22(10-21)35-13-17(2)32-15-35/h3-15H,1-2H3,(H,33,37)(H,34,36)/b6-4+. The van der Waals surface area contributed by atoms with Crippen molar-refractivity contribution in [2.24, 2.45) is 0 Å². The van der Waals surface area contributed by atoms with Gasteiger partial charge in [-0.25, -0.2) is 15.0 Å². The molecule has 2 aromatic heterocycles. The number of anilines is 2. The van der Waals surface area contributed by atoms with Crippen molar-refractivity contribution in [1.82, 2.24) is 19.5 Å². The molecule has 0 fully saturated rings. The number of hydrogen-bond acceptors (Lipinski definition) is 5. The topological polar surface area (TPSA) is 102 Å². The van der Waals surface area contributed by atoms with Crippen LogP contribution in [0.25, 0.3) is 11.8 Å². The molecule has 2 amide bonds. The second-order valence-corrected chi connectivity index (χ2v) is 8.17. The molecule has 2 heterocycles. The van der Waals surface area contributed by atoms with Gasteiger partial charge in [0.1, 0.15) is 6.33 Å². The Balaban J connectivity index is 1.55. The van der Waals surface area contributed by atoms with E-state index >= 15 is 0 Å². The van der Waals surface area contributed by atoms with Crippen molar-refractivity contribution in [3.05, 3.63) is 102 Å². The number of nitrogens with one attached hydrogen (secondary N) is 2. The van der Waals surface area contributed by atoms with Crippen LogP contribution in [0.5, 0.6) is 0 Å². The third kappa shape index (κ3) is 6.45. The summed E-state index contributed by atoms with van der Waals surface area (Å²) in [6.07, 6.45) is 5.64. The van der Waals surface area contributed by atoms with Crippen molar-refractivity contribution in [2.75, 3.05) is 10.6 Å². The summed E-state index contributed by atoms with van der Waals surface area (Å²) in [5.41, 5.74) is 1.72. The Labute approximate surface area is 209 Å². The van der Waals surface area contributed by atoms with Crippen LogP contribution in [0.15, 0.2) is 73.7 Å². The molecule has 2 aromatic carbocycles. The average molecular weight is 506 g/mol. The molecule has 0 unspecified atom stereocenters. The molecule has 0 aliphatic carbocycles. The monoisotopic (exact) mass is 506 g/mol. The van der Waals surface area contributed by atoms with E-state index in [1.807, 2.05) is 0 Å². The number of aryl methyl sites for hydroxylation is 2. The SMILES string of the molecule is Cc1cn(-c2cc(NC(=O)c3ccc(C)c(NC(=O)/C=C/c4cncnc4)c3)cc(C(F)(F)F)c2)cn1. The molecule has 2 N–H and O–H groups in total. The van der Waals surface area contributed by atoms with Crippen molar-refractivity contribution < 1.29 is 22.8 Å². The second kappa shape index (κ2) is 10.4. The lowest BCUT2D eigenvalue weighted by molar-refractivity contribution is -0.137. The zero-order valence-electron chi connectivity index (χ0n) is 19.7. The summed E-state index contributed by atoms with van der Waals surface area (Å²) in [5.74, 6) is -1.08. The van der Waals surface area contributed by atoms with Crippen LogP contribution < -0.4 is 10.6 Å². The maximum absolute atomic E-state index is 13.5. The molecule has 11 heteroatoms. The molecular weight excluding hydrogens is 485 g/mol. The smallest absolute Gasteiger partial charge is 0.322 e. The molecule has 37 heavy (non-hydrogen) atoms. The summed E-state index contributed by atoms with van der Waals surface area (Å²) in [5, 5.41) is 5.22. The summed E-state index contributed by atoms with van der Waals surface area (Å²) >= 11 is 0. The lowest BCUT2D eigenvalue weighted by atomic mass is 10.1. The van der Waals surface area contributed by atoms with Crippen LogP contribution in [0.4, 0.5) is 24.5 Å². The summed E-state index contributed by atoms with van der Waals surface area (Å²) in [6, 6.07) is 7.86. The summed E-state index contributed by atoms with van der Waals surface area (Å²) < 4.78 is 42.0. The maximum Gasteiger partial charge on any atom is 0.416 e. The molecule has 0 radical (unpaired) electrons. The number of halogens is 3. The van der Waals surface area contributed by atoms with E-state index in [1.54, 1.807) is 38.5 Å². The number of hydrogen-bond donors (Lipinski definition) is 2. The largest absolute Gasteiger partial charge is 0.416 e. The van der Waals surface area contributed by atoms with E-state index in [0.717, 1.165) is 12.1 Å². The van der Waals surface area contributed by atoms with Crippen LogP contribution in [0.1, 0.15) is 32.7 Å². The number of benzene rings is 2. The van der Waals surface area contributed by atoms with E-state index in [1.165, 1.54) is 47.6 Å². The fraction of sp³-hybridized carbons (Fsp3) is 0.115. The highest BCUT2D eigenvalue weighted by Gasteiger charge is 2.31. The Morgan fingerprint density at radius 1 is 1.00 bits per heavy atom. The highest BCUT2D eigenvalue weighted by atomic mass is 19.4. The van der Waals surface area contributed by atoms with Crippen molar-refractivity contribution in [1.29, 1.82) is 0 Å². The van der Waals surface area contributed by atoms with E-state index in [4.69, 9.17) is 0 Å². The molecule has 8 nitrogen and oxygen atoms in total. The van der Waals surface area contributed by atoms with E-state index in [2.05, 4.69) is 25.6 Å². The van der Waals surface area contributed by atoms with Gasteiger partial charge in [-0.05, 0) is 55.8 Å². The Kier molecular flexibility index (Phi) is 7.14. The van der Waals surface area contributed by atoms with Gasteiger partial charge in [-0.3, -0.25) is 9.59 Å². The number of amides is 2. The number of carbonyl (C=O) groups is 2. The van der Waals surface area contributed by atoms with Gasteiger partial charge in [0, 0.05) is 52.9 Å². The van der Waals surface area contributed by atoms with Crippen LogP contribution in [0, 0.1) is 13.8 Å².